The molecule has 0 aliphatic rings. The molecule has 0 fully saturated rings. The van der Waals surface area contributed by atoms with Crippen LogP contribution in [0.1, 0.15) is 108 Å². The topological polar surface area (TPSA) is 35.5 Å². The molecule has 4 nitrogen and oxygen atoms in total. The van der Waals surface area contributed by atoms with E-state index in [0.717, 1.165) is 36.2 Å². The van der Waals surface area contributed by atoms with Crippen LogP contribution in [0.3, 0.4) is 0 Å². The van der Waals surface area contributed by atoms with E-state index >= 15 is 0 Å². The van der Waals surface area contributed by atoms with Crippen LogP contribution in [0.2, 0.25) is 0 Å². The number of hydrogen-bond acceptors (Lipinski definition) is 3. The van der Waals surface area contributed by atoms with Gasteiger partial charge in [0.2, 0.25) is 6.29 Å². The molecular formula is C34H54NO3+. The predicted molar refractivity (Wildman–Crippen MR) is 159 cm³/mol. The highest BCUT2D eigenvalue weighted by molar-refractivity contribution is 5.69. The van der Waals surface area contributed by atoms with Crippen molar-refractivity contribution in [1.82, 2.24) is 0 Å². The van der Waals surface area contributed by atoms with Crippen molar-refractivity contribution in [1.29, 1.82) is 0 Å². The molecule has 0 N–H and O–H groups in total. The maximum atomic E-state index is 12.4. The summed E-state index contributed by atoms with van der Waals surface area (Å²) in [7, 11) is 4.40. The monoisotopic (exact) mass is 524 g/mol. The molecule has 4 heteroatoms. The lowest BCUT2D eigenvalue weighted by Gasteiger charge is -2.29. The fraction of sp³-hybridized carbons (Fsp3) is 0.618. The molecule has 212 valence electrons. The van der Waals surface area contributed by atoms with Gasteiger partial charge in [-0.3, -0.25) is 4.79 Å². The first-order valence-corrected chi connectivity index (χ1v) is 15.2. The molecule has 0 saturated heterocycles. The largest absolute Gasteiger partial charge is 0.455 e. The van der Waals surface area contributed by atoms with Gasteiger partial charge < -0.3 is 14.0 Å². The molecule has 0 aliphatic carbocycles. The summed E-state index contributed by atoms with van der Waals surface area (Å²) < 4.78 is 12.3. The number of hydrogen-bond donors (Lipinski definition) is 0. The normalized spacial score (nSPS) is 12.3. The molecular weight excluding hydrogens is 470 g/mol. The number of unbranched alkanes of at least 4 members (excludes halogenated alkanes) is 10. The van der Waals surface area contributed by atoms with E-state index in [1.54, 1.807) is 6.92 Å². The summed E-state index contributed by atoms with van der Waals surface area (Å²) in [5, 5.41) is 0. The minimum atomic E-state index is -0.591. The first kappa shape index (κ1) is 31.9. The Morgan fingerprint density at radius 1 is 0.763 bits per heavy atom. The third kappa shape index (κ3) is 15.2. The average molecular weight is 525 g/mol. The number of benzene rings is 2. The van der Waals surface area contributed by atoms with Crippen molar-refractivity contribution in [2.45, 2.75) is 117 Å². The second-order valence-corrected chi connectivity index (χ2v) is 11.5. The van der Waals surface area contributed by atoms with Crippen LogP contribution in [0.4, 0.5) is 0 Å². The van der Waals surface area contributed by atoms with E-state index in [4.69, 9.17) is 9.47 Å². The van der Waals surface area contributed by atoms with Crippen molar-refractivity contribution < 1.29 is 18.8 Å². The molecule has 0 heterocycles. The zero-order chi connectivity index (χ0) is 27.5. The third-order valence-corrected chi connectivity index (χ3v) is 7.16. The van der Waals surface area contributed by atoms with E-state index in [1.165, 1.54) is 81.8 Å². The summed E-state index contributed by atoms with van der Waals surface area (Å²) in [6.07, 6.45) is 16.6. The van der Waals surface area contributed by atoms with Gasteiger partial charge in [0.05, 0.1) is 27.1 Å². The molecule has 0 saturated carbocycles. The van der Waals surface area contributed by atoms with Crippen LogP contribution in [0.5, 0.6) is 5.75 Å². The zero-order valence-electron chi connectivity index (χ0n) is 24.8. The van der Waals surface area contributed by atoms with Crippen LogP contribution in [0, 0.1) is 0 Å². The van der Waals surface area contributed by atoms with Crippen LogP contribution in [0.15, 0.2) is 54.6 Å². The molecule has 0 amide bonds. The lowest BCUT2D eigenvalue weighted by molar-refractivity contribution is -0.903. The van der Waals surface area contributed by atoms with Gasteiger partial charge >= 0.3 is 5.97 Å². The summed E-state index contributed by atoms with van der Waals surface area (Å²) in [6, 6.07) is 18.7. The van der Waals surface area contributed by atoms with Crippen molar-refractivity contribution in [2.24, 2.45) is 0 Å². The number of esters is 1. The van der Waals surface area contributed by atoms with E-state index in [0.29, 0.717) is 6.42 Å². The van der Waals surface area contributed by atoms with Gasteiger partial charge in [0.15, 0.2) is 0 Å². The quantitative estimate of drug-likeness (QED) is 0.0708. The summed E-state index contributed by atoms with van der Waals surface area (Å²) in [6.45, 7) is 5.94. The second-order valence-electron chi connectivity index (χ2n) is 11.5. The number of quaternary nitrogens is 1. The summed E-state index contributed by atoms with van der Waals surface area (Å²) in [4.78, 5) is 12.4. The number of carbonyl (C=O) groups is 1. The minimum absolute atomic E-state index is 0.200. The highest BCUT2D eigenvalue weighted by Gasteiger charge is 2.18. The molecule has 2 aromatic carbocycles. The van der Waals surface area contributed by atoms with Gasteiger partial charge in [-0.2, -0.15) is 0 Å². The van der Waals surface area contributed by atoms with Crippen LogP contribution in [-0.2, 0) is 22.5 Å². The van der Waals surface area contributed by atoms with E-state index < -0.39 is 6.29 Å². The predicted octanol–water partition coefficient (Wildman–Crippen LogP) is 8.86. The van der Waals surface area contributed by atoms with E-state index in [-0.39, 0.29) is 5.97 Å². The molecule has 1 unspecified atom stereocenters. The molecule has 38 heavy (non-hydrogen) atoms. The van der Waals surface area contributed by atoms with Gasteiger partial charge in [-0.05, 0) is 30.5 Å². The van der Waals surface area contributed by atoms with Crippen molar-refractivity contribution in [3.05, 3.63) is 65.7 Å². The van der Waals surface area contributed by atoms with Gasteiger partial charge in [0.1, 0.15) is 12.3 Å². The maximum absolute atomic E-state index is 12.4. The maximum Gasteiger partial charge on any atom is 0.309 e. The van der Waals surface area contributed by atoms with E-state index in [1.807, 2.05) is 18.2 Å². The lowest BCUT2D eigenvalue weighted by Crippen LogP contribution is -2.39. The van der Waals surface area contributed by atoms with Crippen LogP contribution in [0.25, 0.3) is 0 Å². The van der Waals surface area contributed by atoms with Crippen LogP contribution < -0.4 is 4.74 Å². The molecule has 0 bridgehead atoms. The lowest BCUT2D eigenvalue weighted by atomic mass is 10.0. The highest BCUT2D eigenvalue weighted by atomic mass is 16.7. The molecule has 1 atom stereocenters. The number of nitrogens with zero attached hydrogens (tertiary/aromatic N) is 1. The summed E-state index contributed by atoms with van der Waals surface area (Å²) in [5.41, 5.74) is 2.60. The molecule has 0 radical (unpaired) electrons. The SMILES string of the molecule is CCCCCCCCCCCCCc1cccc(OC(C)OC(=O)CCC[N+](C)(C)Cc2ccccc2)c1. The Labute approximate surface area is 233 Å². The van der Waals surface area contributed by atoms with Gasteiger partial charge in [0, 0.05) is 18.9 Å². The van der Waals surface area contributed by atoms with Gasteiger partial charge in [-0.15, -0.1) is 0 Å². The molecule has 0 spiro atoms. The second kappa shape index (κ2) is 18.8. The van der Waals surface area contributed by atoms with Crippen LogP contribution in [-0.4, -0.2) is 37.4 Å². The minimum Gasteiger partial charge on any atom is -0.455 e. The van der Waals surface area contributed by atoms with Crippen molar-refractivity contribution in [3.63, 3.8) is 0 Å². The Morgan fingerprint density at radius 3 is 2.03 bits per heavy atom. The van der Waals surface area contributed by atoms with Crippen molar-refractivity contribution in [3.8, 4) is 5.75 Å². The Hall–Kier alpha value is -2.33. The van der Waals surface area contributed by atoms with Crippen molar-refractivity contribution in [2.75, 3.05) is 20.6 Å². The fourth-order valence-corrected chi connectivity index (χ4v) is 5.04. The Kier molecular flexibility index (Phi) is 15.8. The first-order chi connectivity index (χ1) is 18.4. The number of carbonyl (C=O) groups excluding carboxylic acids is 1. The first-order valence-electron chi connectivity index (χ1n) is 15.2. The third-order valence-electron chi connectivity index (χ3n) is 7.16. The summed E-state index contributed by atoms with van der Waals surface area (Å²) >= 11 is 0. The molecule has 0 aliphatic heterocycles. The van der Waals surface area contributed by atoms with E-state index in [9.17, 15) is 4.79 Å². The smallest absolute Gasteiger partial charge is 0.309 e. The zero-order valence-corrected chi connectivity index (χ0v) is 24.8. The standard InChI is InChI=1S/C34H54NO3/c1-5-6-7-8-9-10-11-12-13-14-16-21-31-24-19-25-33(28-31)37-30(2)38-34(36)26-20-27-35(3,4)29-32-22-17-15-18-23-32/h15,17-19,22-25,28,30H,5-14,16,20-21,26-27,29H2,1-4H3/q+1. The highest BCUT2D eigenvalue weighted by Crippen LogP contribution is 2.19. The Balaban J connectivity index is 1.57. The number of rotatable bonds is 21. The summed E-state index contributed by atoms with van der Waals surface area (Å²) in [5.74, 6) is 0.570. The molecule has 2 aromatic rings. The van der Waals surface area contributed by atoms with Crippen molar-refractivity contribution >= 4 is 5.97 Å². The van der Waals surface area contributed by atoms with Gasteiger partial charge in [-0.25, -0.2) is 0 Å². The van der Waals surface area contributed by atoms with E-state index in [2.05, 4.69) is 57.4 Å². The average Bonchev–Trinajstić information content (AvgIpc) is 2.87. The number of aryl methyl sites for hydroxylation is 1. The Bertz CT molecular complexity index is 880. The Morgan fingerprint density at radius 2 is 1.37 bits per heavy atom. The number of ether oxygens (including phenoxy) is 2. The fourth-order valence-electron chi connectivity index (χ4n) is 5.04. The van der Waals surface area contributed by atoms with Gasteiger partial charge in [-0.1, -0.05) is 114 Å². The van der Waals surface area contributed by atoms with Crippen LogP contribution >= 0.6 is 0 Å². The molecule has 0 aromatic heterocycles. The molecule has 2 rings (SSSR count). The van der Waals surface area contributed by atoms with Gasteiger partial charge in [0.25, 0.3) is 0 Å².